The van der Waals surface area contributed by atoms with Gasteiger partial charge in [-0.05, 0) is 74.1 Å². The minimum Gasteiger partial charge on any atom is -0.394 e. The zero-order valence-electron chi connectivity index (χ0n) is 27.2. The van der Waals surface area contributed by atoms with Gasteiger partial charge in [-0.2, -0.15) is 0 Å². The number of hydrogen-bond donors (Lipinski definition) is 3. The van der Waals surface area contributed by atoms with Gasteiger partial charge >= 0.3 is 0 Å². The molecule has 0 radical (unpaired) electrons. The standard InChI is InChI=1S/C21H27ClN2O2.C14H21N3O2S/c22-20-8-6-19(7-9-20)21(18-4-2-1-3-5-18)24-12-10-23(11-13-24)14-16-26-17-15-25;1-15-20(18,19)10-11-4-5-14-13(8-11)12(9-16-14)6-7-17(2)3/h1-9,21,25H,10-17H2;4-5,8-9,15-16H,6-7,10H2,1-3H3. The van der Waals surface area contributed by atoms with Crippen molar-refractivity contribution >= 4 is 32.5 Å². The van der Waals surface area contributed by atoms with Crippen molar-refractivity contribution in [3.63, 3.8) is 0 Å². The first kappa shape index (κ1) is 36.0. The molecule has 46 heavy (non-hydrogen) atoms. The number of sulfonamides is 1. The first-order valence-electron chi connectivity index (χ1n) is 15.8. The molecule has 1 saturated heterocycles. The van der Waals surface area contributed by atoms with E-state index in [1.54, 1.807) is 0 Å². The number of H-pyrrole nitrogens is 1. The van der Waals surface area contributed by atoms with Crippen molar-refractivity contribution < 1.29 is 18.3 Å². The van der Waals surface area contributed by atoms with Gasteiger partial charge in [0, 0.05) is 61.4 Å². The van der Waals surface area contributed by atoms with E-state index in [1.807, 2.05) is 50.6 Å². The van der Waals surface area contributed by atoms with E-state index < -0.39 is 10.0 Å². The predicted octanol–water partition coefficient (Wildman–Crippen LogP) is 4.38. The van der Waals surface area contributed by atoms with Crippen LogP contribution >= 0.6 is 11.6 Å². The van der Waals surface area contributed by atoms with Gasteiger partial charge in [0.1, 0.15) is 0 Å². The predicted molar refractivity (Wildman–Crippen MR) is 188 cm³/mol. The average molecular weight is 670 g/mol. The molecule has 2 heterocycles. The molecule has 0 spiro atoms. The Bertz CT molecular complexity index is 1570. The Morgan fingerprint density at radius 3 is 2.33 bits per heavy atom. The molecule has 1 unspecified atom stereocenters. The van der Waals surface area contributed by atoms with Gasteiger partial charge in [0.15, 0.2) is 0 Å². The molecule has 5 rings (SSSR count). The fourth-order valence-corrected chi connectivity index (χ4v) is 6.55. The van der Waals surface area contributed by atoms with E-state index in [0.717, 1.165) is 67.2 Å². The number of aromatic amines is 1. The molecule has 3 aromatic carbocycles. The summed E-state index contributed by atoms with van der Waals surface area (Å²) >= 11 is 6.09. The summed E-state index contributed by atoms with van der Waals surface area (Å²) in [5, 5.41) is 10.7. The Labute approximate surface area is 279 Å². The van der Waals surface area contributed by atoms with Gasteiger partial charge in [0.2, 0.25) is 10.0 Å². The molecule has 3 N–H and O–H groups in total. The SMILES string of the molecule is CNS(=O)(=O)Cc1ccc2[nH]cc(CCN(C)C)c2c1.OCCOCCN1CCN(C(c2ccccc2)c2ccc(Cl)cc2)CC1. The van der Waals surface area contributed by atoms with Crippen LogP contribution in [0.1, 0.15) is 28.3 Å². The van der Waals surface area contributed by atoms with E-state index in [0.29, 0.717) is 13.2 Å². The lowest BCUT2D eigenvalue weighted by molar-refractivity contribution is 0.0522. The maximum atomic E-state index is 11.6. The van der Waals surface area contributed by atoms with Crippen LogP contribution in [0.15, 0.2) is 79.0 Å². The second-order valence-corrected chi connectivity index (χ2v) is 14.2. The summed E-state index contributed by atoms with van der Waals surface area (Å²) in [4.78, 5) is 10.3. The van der Waals surface area contributed by atoms with E-state index in [1.165, 1.54) is 23.7 Å². The number of nitrogens with one attached hydrogen (secondary N) is 2. The van der Waals surface area contributed by atoms with Crippen LogP contribution in [0.2, 0.25) is 5.02 Å². The maximum Gasteiger partial charge on any atom is 0.215 e. The molecule has 4 aromatic rings. The lowest BCUT2D eigenvalue weighted by Gasteiger charge is -2.39. The molecule has 11 heteroatoms. The highest BCUT2D eigenvalue weighted by Gasteiger charge is 2.26. The van der Waals surface area contributed by atoms with Crippen LogP contribution in [0.5, 0.6) is 0 Å². The fraction of sp³-hybridized carbons (Fsp3) is 0.429. The molecule has 9 nitrogen and oxygen atoms in total. The van der Waals surface area contributed by atoms with Crippen molar-refractivity contribution in [2.45, 2.75) is 18.2 Å². The van der Waals surface area contributed by atoms with Crippen molar-refractivity contribution in [2.75, 3.05) is 80.2 Å². The van der Waals surface area contributed by atoms with Crippen LogP contribution in [0.25, 0.3) is 10.9 Å². The highest BCUT2D eigenvalue weighted by Crippen LogP contribution is 2.30. The molecule has 1 aliphatic heterocycles. The van der Waals surface area contributed by atoms with Crippen molar-refractivity contribution in [3.05, 3.63) is 106 Å². The van der Waals surface area contributed by atoms with Crippen molar-refractivity contribution in [1.29, 1.82) is 0 Å². The molecule has 1 atom stereocenters. The number of halogens is 1. The van der Waals surface area contributed by atoms with Gasteiger partial charge in [-0.3, -0.25) is 9.80 Å². The van der Waals surface area contributed by atoms with E-state index >= 15 is 0 Å². The number of likely N-dealkylation sites (N-methyl/N-ethyl adjacent to an activating group) is 1. The summed E-state index contributed by atoms with van der Waals surface area (Å²) in [6.07, 6.45) is 2.94. The number of aromatic nitrogens is 1. The maximum absolute atomic E-state index is 11.6. The van der Waals surface area contributed by atoms with Crippen molar-refractivity contribution in [1.82, 2.24) is 24.4 Å². The van der Waals surface area contributed by atoms with Gasteiger partial charge in [0.25, 0.3) is 0 Å². The van der Waals surface area contributed by atoms with Crippen LogP contribution in [0.3, 0.4) is 0 Å². The van der Waals surface area contributed by atoms with Crippen LogP contribution in [-0.2, 0) is 26.9 Å². The molecular formula is C35H48ClN5O4S. The van der Waals surface area contributed by atoms with E-state index in [2.05, 4.69) is 66.9 Å². The lowest BCUT2D eigenvalue weighted by Crippen LogP contribution is -2.48. The van der Waals surface area contributed by atoms with Gasteiger partial charge in [0.05, 0.1) is 31.6 Å². The summed E-state index contributed by atoms with van der Waals surface area (Å²) in [5.74, 6) is 0.0116. The third-order valence-electron chi connectivity index (χ3n) is 8.19. The molecule has 0 saturated carbocycles. The summed E-state index contributed by atoms with van der Waals surface area (Å²) in [7, 11) is 2.29. The van der Waals surface area contributed by atoms with E-state index in [4.69, 9.17) is 21.4 Å². The molecule has 1 aliphatic rings. The largest absolute Gasteiger partial charge is 0.394 e. The Morgan fingerprint density at radius 1 is 0.978 bits per heavy atom. The first-order chi connectivity index (χ1) is 22.2. The van der Waals surface area contributed by atoms with Crippen LogP contribution in [0.4, 0.5) is 0 Å². The Balaban J connectivity index is 0.000000216. The number of rotatable bonds is 14. The number of hydrogen-bond acceptors (Lipinski definition) is 7. The summed E-state index contributed by atoms with van der Waals surface area (Å²) < 4.78 is 31.0. The van der Waals surface area contributed by atoms with Crippen LogP contribution in [-0.4, -0.2) is 113 Å². The topological polar surface area (TPSA) is 101 Å². The van der Waals surface area contributed by atoms with Crippen molar-refractivity contribution in [3.8, 4) is 0 Å². The molecular weight excluding hydrogens is 622 g/mol. The normalized spacial score (nSPS) is 15.2. The fourth-order valence-electron chi connectivity index (χ4n) is 5.66. The highest BCUT2D eigenvalue weighted by atomic mass is 35.5. The summed E-state index contributed by atoms with van der Waals surface area (Å²) in [6, 6.07) is 24.9. The minimum absolute atomic E-state index is 0.0116. The second-order valence-electron chi connectivity index (χ2n) is 11.8. The minimum atomic E-state index is -3.23. The van der Waals surface area contributed by atoms with Crippen LogP contribution in [0, 0.1) is 0 Å². The first-order valence-corrected chi connectivity index (χ1v) is 17.8. The quantitative estimate of drug-likeness (QED) is 0.172. The van der Waals surface area contributed by atoms with E-state index in [9.17, 15) is 8.42 Å². The summed E-state index contributed by atoms with van der Waals surface area (Å²) in [6.45, 7) is 7.17. The monoisotopic (exact) mass is 669 g/mol. The average Bonchev–Trinajstić information content (AvgIpc) is 3.46. The van der Waals surface area contributed by atoms with Gasteiger partial charge in [-0.15, -0.1) is 0 Å². The zero-order chi connectivity index (χ0) is 32.9. The number of fused-ring (bicyclic) bond motifs is 1. The smallest absolute Gasteiger partial charge is 0.215 e. The number of aliphatic hydroxyl groups is 1. The van der Waals surface area contributed by atoms with Crippen molar-refractivity contribution in [2.24, 2.45) is 0 Å². The number of nitrogens with zero attached hydrogens (tertiary/aromatic N) is 3. The number of benzene rings is 3. The molecule has 0 bridgehead atoms. The number of ether oxygens (including phenoxy) is 1. The Morgan fingerprint density at radius 2 is 1.67 bits per heavy atom. The number of aliphatic hydroxyl groups excluding tert-OH is 1. The second kappa shape index (κ2) is 17.9. The third kappa shape index (κ3) is 10.9. The van der Waals surface area contributed by atoms with E-state index in [-0.39, 0.29) is 18.4 Å². The molecule has 0 amide bonds. The third-order valence-corrected chi connectivity index (χ3v) is 9.78. The number of piperazine rings is 1. The Hall–Kier alpha value is -2.80. The molecule has 1 fully saturated rings. The molecule has 0 aliphatic carbocycles. The van der Waals surface area contributed by atoms with Crippen LogP contribution < -0.4 is 4.72 Å². The zero-order valence-corrected chi connectivity index (χ0v) is 28.7. The lowest BCUT2D eigenvalue weighted by atomic mass is 9.96. The molecule has 250 valence electrons. The van der Waals surface area contributed by atoms with Gasteiger partial charge in [-0.1, -0.05) is 60.1 Å². The van der Waals surface area contributed by atoms with Gasteiger partial charge in [-0.25, -0.2) is 13.1 Å². The molecule has 1 aromatic heterocycles. The summed E-state index contributed by atoms with van der Waals surface area (Å²) in [5.41, 5.74) is 5.66. The van der Waals surface area contributed by atoms with Gasteiger partial charge < -0.3 is 19.7 Å². The highest BCUT2D eigenvalue weighted by molar-refractivity contribution is 7.88. The Kier molecular flexibility index (Phi) is 14.1.